The molecule has 0 fully saturated rings. The molecule has 0 aliphatic carbocycles. The van der Waals surface area contributed by atoms with Crippen LogP contribution in [0.3, 0.4) is 0 Å². The summed E-state index contributed by atoms with van der Waals surface area (Å²) < 4.78 is 0.529. The zero-order chi connectivity index (χ0) is 5.98. The summed E-state index contributed by atoms with van der Waals surface area (Å²) in [4.78, 5) is 6.36. The van der Waals surface area contributed by atoms with Crippen LogP contribution < -0.4 is 0 Å². The monoisotopic (exact) mass is 146 g/mol. The quantitative estimate of drug-likeness (QED) is 0.566. The van der Waals surface area contributed by atoms with Crippen molar-refractivity contribution in [3.8, 4) is 0 Å². The van der Waals surface area contributed by atoms with Crippen molar-refractivity contribution in [3.05, 3.63) is 22.2 Å². The molecule has 1 rings (SSSR count). The highest BCUT2D eigenvalue weighted by molar-refractivity contribution is 7.71. The Labute approximate surface area is 56.5 Å². The van der Waals surface area contributed by atoms with Crippen LogP contribution in [0, 0.1) is 4.64 Å². The van der Waals surface area contributed by atoms with E-state index in [1.807, 2.05) is 0 Å². The van der Waals surface area contributed by atoms with Gasteiger partial charge in [-0.1, -0.05) is 23.8 Å². The van der Waals surface area contributed by atoms with Crippen LogP contribution in [0.2, 0.25) is 5.02 Å². The third-order valence-electron chi connectivity index (χ3n) is 0.675. The molecule has 1 aromatic rings. The SMILES string of the molecule is S=c1[nH]cncc1Cl. The molecule has 1 N–H and O–H groups in total. The van der Waals surface area contributed by atoms with Crippen LogP contribution in [-0.4, -0.2) is 9.97 Å². The van der Waals surface area contributed by atoms with Gasteiger partial charge >= 0.3 is 0 Å². The lowest BCUT2D eigenvalue weighted by atomic mass is 10.7. The molecule has 1 aromatic heterocycles. The number of hydrogen-bond acceptors (Lipinski definition) is 2. The van der Waals surface area contributed by atoms with Gasteiger partial charge in [0.25, 0.3) is 0 Å². The Bertz CT molecular complexity index is 231. The maximum atomic E-state index is 5.51. The van der Waals surface area contributed by atoms with Crippen LogP contribution in [-0.2, 0) is 0 Å². The van der Waals surface area contributed by atoms with E-state index >= 15 is 0 Å². The highest BCUT2D eigenvalue weighted by Crippen LogP contribution is 2.03. The second-order valence-corrected chi connectivity index (χ2v) is 2.04. The zero-order valence-electron chi connectivity index (χ0n) is 3.89. The fourth-order valence-electron chi connectivity index (χ4n) is 0.326. The zero-order valence-corrected chi connectivity index (χ0v) is 5.46. The standard InChI is InChI=1S/C4H3ClN2S/c5-3-1-6-2-7-4(3)8/h1-2H,(H,6,7,8). The molecule has 0 aliphatic rings. The third kappa shape index (κ3) is 1.05. The molecule has 0 aromatic carbocycles. The molecule has 0 amide bonds. The highest BCUT2D eigenvalue weighted by atomic mass is 35.5. The van der Waals surface area contributed by atoms with Gasteiger partial charge in [-0.3, -0.25) is 0 Å². The Morgan fingerprint density at radius 3 is 2.88 bits per heavy atom. The highest BCUT2D eigenvalue weighted by Gasteiger charge is 1.83. The van der Waals surface area contributed by atoms with Crippen molar-refractivity contribution in [2.75, 3.05) is 0 Å². The number of nitrogens with zero attached hydrogens (tertiary/aromatic N) is 1. The van der Waals surface area contributed by atoms with Gasteiger partial charge in [-0.25, -0.2) is 4.98 Å². The van der Waals surface area contributed by atoms with Gasteiger partial charge in [0.05, 0.1) is 17.5 Å². The lowest BCUT2D eigenvalue weighted by molar-refractivity contribution is 1.15. The van der Waals surface area contributed by atoms with E-state index in [9.17, 15) is 0 Å². The van der Waals surface area contributed by atoms with Crippen molar-refractivity contribution >= 4 is 23.8 Å². The molecule has 2 nitrogen and oxygen atoms in total. The van der Waals surface area contributed by atoms with E-state index in [1.165, 1.54) is 12.5 Å². The van der Waals surface area contributed by atoms with Gasteiger partial charge in [0, 0.05) is 0 Å². The summed E-state index contributed by atoms with van der Waals surface area (Å²) in [5.41, 5.74) is 0. The summed E-state index contributed by atoms with van der Waals surface area (Å²) in [6, 6.07) is 0. The van der Waals surface area contributed by atoms with E-state index in [1.54, 1.807) is 0 Å². The second kappa shape index (κ2) is 2.24. The molecule has 0 saturated heterocycles. The molecular formula is C4H3ClN2S. The number of aromatic nitrogens is 2. The maximum Gasteiger partial charge on any atom is 0.124 e. The molecule has 0 radical (unpaired) electrons. The topological polar surface area (TPSA) is 28.7 Å². The first-order valence-corrected chi connectivity index (χ1v) is 2.77. The number of hydrogen-bond donors (Lipinski definition) is 1. The summed E-state index contributed by atoms with van der Waals surface area (Å²) >= 11 is 10.2. The van der Waals surface area contributed by atoms with Gasteiger partial charge in [0.15, 0.2) is 0 Å². The minimum atomic E-state index is 0.488. The Balaban J connectivity index is 3.35. The average molecular weight is 147 g/mol. The largest absolute Gasteiger partial charge is 0.336 e. The van der Waals surface area contributed by atoms with E-state index in [0.29, 0.717) is 9.66 Å². The van der Waals surface area contributed by atoms with E-state index in [2.05, 4.69) is 9.97 Å². The molecular weight excluding hydrogens is 144 g/mol. The summed E-state index contributed by atoms with van der Waals surface area (Å²) in [6.07, 6.45) is 2.99. The minimum absolute atomic E-state index is 0.488. The summed E-state index contributed by atoms with van der Waals surface area (Å²) in [7, 11) is 0. The fourth-order valence-corrected chi connectivity index (χ4v) is 0.542. The van der Waals surface area contributed by atoms with Crippen LogP contribution in [0.1, 0.15) is 0 Å². The number of aromatic amines is 1. The maximum absolute atomic E-state index is 5.51. The number of H-pyrrole nitrogens is 1. The van der Waals surface area contributed by atoms with Gasteiger partial charge in [0.2, 0.25) is 0 Å². The van der Waals surface area contributed by atoms with Crippen molar-refractivity contribution in [1.82, 2.24) is 9.97 Å². The van der Waals surface area contributed by atoms with Gasteiger partial charge in [0.1, 0.15) is 4.64 Å². The predicted octanol–water partition coefficient (Wildman–Crippen LogP) is 1.79. The second-order valence-electron chi connectivity index (χ2n) is 1.23. The van der Waals surface area contributed by atoms with Crippen molar-refractivity contribution in [2.45, 2.75) is 0 Å². The van der Waals surface area contributed by atoms with Crippen molar-refractivity contribution in [2.24, 2.45) is 0 Å². The Hall–Kier alpha value is -0.410. The number of nitrogens with one attached hydrogen (secondary N) is 1. The van der Waals surface area contributed by atoms with Crippen LogP contribution >= 0.6 is 23.8 Å². The van der Waals surface area contributed by atoms with Gasteiger partial charge in [-0.05, 0) is 0 Å². The third-order valence-corrected chi connectivity index (χ3v) is 1.41. The molecule has 1 heterocycles. The van der Waals surface area contributed by atoms with Crippen molar-refractivity contribution in [3.63, 3.8) is 0 Å². The van der Waals surface area contributed by atoms with Crippen LogP contribution in [0.4, 0.5) is 0 Å². The first kappa shape index (κ1) is 5.72. The van der Waals surface area contributed by atoms with Crippen molar-refractivity contribution in [1.29, 1.82) is 0 Å². The molecule has 0 aliphatic heterocycles. The fraction of sp³-hybridized carbons (Fsp3) is 0. The van der Waals surface area contributed by atoms with Crippen LogP contribution in [0.5, 0.6) is 0 Å². The lowest BCUT2D eigenvalue weighted by Gasteiger charge is -1.83. The van der Waals surface area contributed by atoms with Gasteiger partial charge < -0.3 is 4.98 Å². The molecule has 0 atom stereocenters. The molecule has 42 valence electrons. The minimum Gasteiger partial charge on any atom is -0.336 e. The molecule has 8 heavy (non-hydrogen) atoms. The van der Waals surface area contributed by atoms with Crippen LogP contribution in [0.15, 0.2) is 12.5 Å². The number of rotatable bonds is 0. The molecule has 0 unspecified atom stereocenters. The van der Waals surface area contributed by atoms with E-state index in [0.717, 1.165) is 0 Å². The molecule has 0 bridgehead atoms. The Morgan fingerprint density at radius 1 is 1.75 bits per heavy atom. The first-order valence-electron chi connectivity index (χ1n) is 1.99. The van der Waals surface area contributed by atoms with E-state index in [-0.39, 0.29) is 0 Å². The van der Waals surface area contributed by atoms with Crippen LogP contribution in [0.25, 0.3) is 0 Å². The molecule has 0 spiro atoms. The smallest absolute Gasteiger partial charge is 0.124 e. The molecule has 0 saturated carbocycles. The average Bonchev–Trinajstić information content (AvgIpc) is 1.77. The summed E-state index contributed by atoms with van der Waals surface area (Å²) in [5, 5.41) is 0.488. The van der Waals surface area contributed by atoms with Gasteiger partial charge in [-0.15, -0.1) is 0 Å². The summed E-state index contributed by atoms with van der Waals surface area (Å²) in [6.45, 7) is 0. The first-order chi connectivity index (χ1) is 3.80. The normalized spacial score (nSPS) is 9.12. The lowest BCUT2D eigenvalue weighted by Crippen LogP contribution is -1.75. The summed E-state index contributed by atoms with van der Waals surface area (Å²) in [5.74, 6) is 0. The Morgan fingerprint density at radius 2 is 2.50 bits per heavy atom. The Kier molecular flexibility index (Phi) is 1.60. The van der Waals surface area contributed by atoms with Gasteiger partial charge in [-0.2, -0.15) is 0 Å². The van der Waals surface area contributed by atoms with E-state index < -0.39 is 0 Å². The number of halogens is 1. The predicted molar refractivity (Wildman–Crippen MR) is 34.4 cm³/mol. The van der Waals surface area contributed by atoms with E-state index in [4.69, 9.17) is 23.8 Å². The molecule has 4 heteroatoms. The van der Waals surface area contributed by atoms with Crippen molar-refractivity contribution < 1.29 is 0 Å².